The van der Waals surface area contributed by atoms with Crippen LogP contribution in [-0.4, -0.2) is 20.8 Å². The van der Waals surface area contributed by atoms with Crippen molar-refractivity contribution in [2.45, 2.75) is 18.1 Å². The summed E-state index contributed by atoms with van der Waals surface area (Å²) in [6, 6.07) is 6.76. The Morgan fingerprint density at radius 3 is 2.71 bits per heavy atom. The molecule has 0 radical (unpaired) electrons. The minimum atomic E-state index is -3.39. The van der Waals surface area contributed by atoms with Gasteiger partial charge in [0.15, 0.2) is 0 Å². The zero-order chi connectivity index (χ0) is 12.5. The molecule has 1 aliphatic rings. The van der Waals surface area contributed by atoms with E-state index in [4.69, 9.17) is 10.00 Å². The number of hydrogen-bond acceptors (Lipinski definition) is 4. The van der Waals surface area contributed by atoms with E-state index in [-0.39, 0.29) is 16.5 Å². The third-order valence-corrected chi connectivity index (χ3v) is 4.41. The van der Waals surface area contributed by atoms with Crippen LogP contribution < -0.4 is 9.46 Å². The third-order valence-electron chi connectivity index (χ3n) is 2.57. The summed E-state index contributed by atoms with van der Waals surface area (Å²) in [4.78, 5) is 0. The van der Waals surface area contributed by atoms with Gasteiger partial charge in [-0.2, -0.15) is 5.26 Å². The lowest BCUT2D eigenvalue weighted by Crippen LogP contribution is -2.18. The summed E-state index contributed by atoms with van der Waals surface area (Å²) in [7, 11) is -1.95. The van der Waals surface area contributed by atoms with Crippen LogP contribution in [0.2, 0.25) is 0 Å². The highest BCUT2D eigenvalue weighted by Crippen LogP contribution is 2.34. The van der Waals surface area contributed by atoms with Crippen LogP contribution in [-0.2, 0) is 10.0 Å². The zero-order valence-corrected chi connectivity index (χ0v) is 10.1. The predicted molar refractivity (Wildman–Crippen MR) is 63.3 cm³/mol. The van der Waals surface area contributed by atoms with Crippen molar-refractivity contribution in [3.05, 3.63) is 23.8 Å². The molecule has 0 aromatic heterocycles. The van der Waals surface area contributed by atoms with E-state index in [0.717, 1.165) is 0 Å². The Kier molecular flexibility index (Phi) is 2.94. The first-order valence-electron chi connectivity index (χ1n) is 5.17. The minimum absolute atomic E-state index is 0.226. The molecular weight excluding hydrogens is 240 g/mol. The number of para-hydroxylation sites is 1. The lowest BCUT2D eigenvalue weighted by Gasteiger charge is -2.12. The zero-order valence-electron chi connectivity index (χ0n) is 9.30. The maximum Gasteiger partial charge on any atom is 0.235 e. The lowest BCUT2D eigenvalue weighted by molar-refractivity contribution is 0.416. The predicted octanol–water partition coefficient (Wildman–Crippen LogP) is 1.47. The summed E-state index contributed by atoms with van der Waals surface area (Å²) >= 11 is 0. The van der Waals surface area contributed by atoms with E-state index >= 15 is 0 Å². The van der Waals surface area contributed by atoms with Crippen molar-refractivity contribution in [1.82, 2.24) is 0 Å². The normalized spacial score (nSPS) is 15.1. The van der Waals surface area contributed by atoms with E-state index < -0.39 is 10.0 Å². The smallest absolute Gasteiger partial charge is 0.235 e. The van der Waals surface area contributed by atoms with Gasteiger partial charge in [0.2, 0.25) is 10.0 Å². The van der Waals surface area contributed by atoms with Gasteiger partial charge in [-0.3, -0.25) is 4.72 Å². The summed E-state index contributed by atoms with van der Waals surface area (Å²) in [5, 5.41) is 8.61. The fourth-order valence-electron chi connectivity index (χ4n) is 1.50. The van der Waals surface area contributed by atoms with Crippen molar-refractivity contribution >= 4 is 15.7 Å². The molecule has 0 bridgehead atoms. The van der Waals surface area contributed by atoms with Crippen LogP contribution in [0.15, 0.2) is 18.2 Å². The summed E-state index contributed by atoms with van der Waals surface area (Å²) in [5.41, 5.74) is 0.484. The number of nitrogens with zero attached hydrogens (tertiary/aromatic N) is 1. The molecule has 0 spiro atoms. The molecule has 0 aliphatic heterocycles. The van der Waals surface area contributed by atoms with Crippen LogP contribution in [0.4, 0.5) is 5.69 Å². The number of methoxy groups -OCH3 is 1. The third kappa shape index (κ3) is 2.34. The summed E-state index contributed by atoms with van der Waals surface area (Å²) in [6.07, 6.45) is 1.35. The molecule has 2 rings (SSSR count). The van der Waals surface area contributed by atoms with Gasteiger partial charge in [-0.05, 0) is 25.0 Å². The van der Waals surface area contributed by atoms with Gasteiger partial charge in [0.25, 0.3) is 0 Å². The molecule has 1 aromatic carbocycles. The number of anilines is 1. The van der Waals surface area contributed by atoms with E-state index in [1.807, 2.05) is 6.07 Å². The molecule has 0 saturated heterocycles. The Hall–Kier alpha value is -1.74. The number of benzene rings is 1. The second-order valence-corrected chi connectivity index (χ2v) is 5.80. The molecule has 0 unspecified atom stereocenters. The number of sulfonamides is 1. The Morgan fingerprint density at radius 1 is 1.47 bits per heavy atom. The Bertz CT molecular complexity index is 571. The van der Waals surface area contributed by atoms with Crippen molar-refractivity contribution in [2.75, 3.05) is 11.8 Å². The highest BCUT2D eigenvalue weighted by molar-refractivity contribution is 7.93. The Labute approximate surface area is 100 Å². The molecule has 1 aliphatic carbocycles. The van der Waals surface area contributed by atoms with Crippen molar-refractivity contribution in [2.24, 2.45) is 0 Å². The topological polar surface area (TPSA) is 79.2 Å². The lowest BCUT2D eigenvalue weighted by atomic mass is 10.2. The molecular formula is C11H12N2O3S. The number of hydrogen-bond donors (Lipinski definition) is 1. The quantitative estimate of drug-likeness (QED) is 0.880. The van der Waals surface area contributed by atoms with Crippen molar-refractivity contribution < 1.29 is 13.2 Å². The maximum absolute atomic E-state index is 11.8. The van der Waals surface area contributed by atoms with E-state index in [1.165, 1.54) is 7.11 Å². The van der Waals surface area contributed by atoms with E-state index in [1.54, 1.807) is 18.2 Å². The number of nitrogens with one attached hydrogen (secondary N) is 1. The minimum Gasteiger partial charge on any atom is -0.495 e. The van der Waals surface area contributed by atoms with Gasteiger partial charge in [-0.25, -0.2) is 8.42 Å². The molecule has 5 nitrogen and oxygen atoms in total. The summed E-state index contributed by atoms with van der Waals surface area (Å²) < 4.78 is 31.1. The highest BCUT2D eigenvalue weighted by Gasteiger charge is 2.36. The molecule has 17 heavy (non-hydrogen) atoms. The maximum atomic E-state index is 11.8. The van der Waals surface area contributed by atoms with Crippen molar-refractivity contribution in [3.8, 4) is 11.8 Å². The molecule has 0 amide bonds. The second-order valence-electron chi connectivity index (χ2n) is 3.84. The Morgan fingerprint density at radius 2 is 2.18 bits per heavy atom. The molecule has 0 heterocycles. The highest BCUT2D eigenvalue weighted by atomic mass is 32.2. The fourth-order valence-corrected chi connectivity index (χ4v) is 2.92. The molecule has 90 valence electrons. The monoisotopic (exact) mass is 252 g/mol. The van der Waals surface area contributed by atoms with Crippen LogP contribution in [0.3, 0.4) is 0 Å². The molecule has 0 atom stereocenters. The van der Waals surface area contributed by atoms with Crippen LogP contribution in [0, 0.1) is 11.3 Å². The van der Waals surface area contributed by atoms with Gasteiger partial charge < -0.3 is 4.74 Å². The second kappa shape index (κ2) is 4.26. The van der Waals surface area contributed by atoms with Gasteiger partial charge in [0.1, 0.15) is 17.5 Å². The van der Waals surface area contributed by atoms with Crippen LogP contribution in [0.5, 0.6) is 5.75 Å². The molecule has 1 aromatic rings. The SMILES string of the molecule is COc1cccc(C#N)c1NS(=O)(=O)C1CC1. The number of ether oxygens (including phenoxy) is 1. The molecule has 1 saturated carbocycles. The van der Waals surface area contributed by atoms with E-state index in [2.05, 4.69) is 4.72 Å². The number of nitriles is 1. The first-order chi connectivity index (χ1) is 8.08. The first-order valence-corrected chi connectivity index (χ1v) is 6.72. The van der Waals surface area contributed by atoms with Gasteiger partial charge in [-0.15, -0.1) is 0 Å². The Balaban J connectivity index is 2.40. The molecule has 1 N–H and O–H groups in total. The standard InChI is InChI=1S/C11H12N2O3S/c1-16-10-4-2-3-8(7-12)11(10)13-17(14,15)9-5-6-9/h2-4,9,13H,5-6H2,1H3. The van der Waals surface area contributed by atoms with Crippen molar-refractivity contribution in [3.63, 3.8) is 0 Å². The van der Waals surface area contributed by atoms with Gasteiger partial charge in [-0.1, -0.05) is 6.07 Å². The average molecular weight is 252 g/mol. The van der Waals surface area contributed by atoms with Crippen LogP contribution in [0.25, 0.3) is 0 Å². The largest absolute Gasteiger partial charge is 0.495 e. The van der Waals surface area contributed by atoms with Crippen LogP contribution >= 0.6 is 0 Å². The van der Waals surface area contributed by atoms with E-state index in [9.17, 15) is 8.42 Å². The first kappa shape index (κ1) is 11.7. The van der Waals surface area contributed by atoms with Gasteiger partial charge >= 0.3 is 0 Å². The molecule has 1 fully saturated rings. The molecule has 6 heteroatoms. The van der Waals surface area contributed by atoms with Crippen molar-refractivity contribution in [1.29, 1.82) is 5.26 Å². The summed E-state index contributed by atoms with van der Waals surface area (Å²) in [5.74, 6) is 0.355. The number of rotatable bonds is 4. The van der Waals surface area contributed by atoms with E-state index in [0.29, 0.717) is 18.6 Å². The van der Waals surface area contributed by atoms with Gasteiger partial charge in [0, 0.05) is 0 Å². The van der Waals surface area contributed by atoms with Gasteiger partial charge in [0.05, 0.1) is 17.9 Å². The average Bonchev–Trinajstić information content (AvgIpc) is 3.13. The fraction of sp³-hybridized carbons (Fsp3) is 0.364. The van der Waals surface area contributed by atoms with Crippen LogP contribution in [0.1, 0.15) is 18.4 Å². The summed E-state index contributed by atoms with van der Waals surface area (Å²) in [6.45, 7) is 0.